The van der Waals surface area contributed by atoms with Gasteiger partial charge in [0.05, 0.1) is 22.8 Å². The molecule has 0 saturated heterocycles. The van der Waals surface area contributed by atoms with E-state index in [1.54, 1.807) is 17.1 Å². The second-order valence-corrected chi connectivity index (χ2v) is 8.23. The zero-order chi connectivity index (χ0) is 21.5. The zero-order valence-electron chi connectivity index (χ0n) is 17.3. The van der Waals surface area contributed by atoms with E-state index >= 15 is 0 Å². The second kappa shape index (κ2) is 7.77. The molecule has 3 aromatic rings. The molecule has 0 aromatic carbocycles. The molecular weight excluding hydrogens is 392 g/mol. The number of aryl methyl sites for hydroxylation is 2. The fourth-order valence-electron chi connectivity index (χ4n) is 3.79. The highest BCUT2D eigenvalue weighted by atomic mass is 19.3. The Labute approximate surface area is 173 Å². The lowest BCUT2D eigenvalue weighted by Crippen LogP contribution is -2.22. The van der Waals surface area contributed by atoms with Crippen molar-refractivity contribution in [3.8, 4) is 17.1 Å². The molecule has 1 saturated carbocycles. The summed E-state index contributed by atoms with van der Waals surface area (Å²) in [4.78, 5) is 16.3. The van der Waals surface area contributed by atoms with Crippen LogP contribution in [0.3, 0.4) is 0 Å². The van der Waals surface area contributed by atoms with Gasteiger partial charge in [-0.15, -0.1) is 0 Å². The highest BCUT2D eigenvalue weighted by Crippen LogP contribution is 2.32. The maximum atomic E-state index is 13.1. The number of pyridine rings is 1. The van der Waals surface area contributed by atoms with Crippen LogP contribution in [-0.4, -0.2) is 42.4 Å². The summed E-state index contributed by atoms with van der Waals surface area (Å²) in [5.74, 6) is -1.84. The molecule has 9 heteroatoms. The molecule has 0 bridgehead atoms. The van der Waals surface area contributed by atoms with Gasteiger partial charge >= 0.3 is 0 Å². The van der Waals surface area contributed by atoms with E-state index in [1.165, 1.54) is 4.68 Å². The van der Waals surface area contributed by atoms with Crippen molar-refractivity contribution in [2.24, 2.45) is 13.0 Å². The Balaban J connectivity index is 1.62. The van der Waals surface area contributed by atoms with Crippen molar-refractivity contribution in [3.63, 3.8) is 0 Å². The molecule has 0 spiro atoms. The number of hydrogen-bond acceptors (Lipinski definition) is 5. The van der Waals surface area contributed by atoms with Gasteiger partial charge in [-0.2, -0.15) is 10.2 Å². The topological polar surface area (TPSA) is 74.8 Å². The van der Waals surface area contributed by atoms with E-state index in [0.717, 1.165) is 24.2 Å². The van der Waals surface area contributed by atoms with Gasteiger partial charge in [-0.3, -0.25) is 14.2 Å². The fraction of sp³-hybridized carbons (Fsp3) is 0.524. The summed E-state index contributed by atoms with van der Waals surface area (Å²) < 4.78 is 35.7. The Bertz CT molecular complexity index is 1070. The number of carbonyl (C=O) groups is 1. The fourth-order valence-corrected chi connectivity index (χ4v) is 3.79. The molecule has 30 heavy (non-hydrogen) atoms. The van der Waals surface area contributed by atoms with Crippen molar-refractivity contribution >= 4 is 16.7 Å². The molecule has 2 atom stereocenters. The Morgan fingerprint density at radius 3 is 2.87 bits per heavy atom. The maximum Gasteiger partial charge on any atom is 0.247 e. The van der Waals surface area contributed by atoms with E-state index in [0.29, 0.717) is 30.0 Å². The van der Waals surface area contributed by atoms with Gasteiger partial charge in [-0.05, 0) is 26.3 Å². The molecule has 0 N–H and O–H groups in total. The number of hydrogen-bond donors (Lipinski definition) is 0. The number of rotatable bonds is 7. The normalized spacial score (nSPS) is 18.3. The van der Waals surface area contributed by atoms with E-state index in [4.69, 9.17) is 4.74 Å². The summed E-state index contributed by atoms with van der Waals surface area (Å²) in [7, 11) is 1.82. The lowest BCUT2D eigenvalue weighted by molar-refractivity contribution is -0.117. The number of Topliss-reactive ketones (excluding diaryl/α,β-unsaturated/α-hetero) is 1. The van der Waals surface area contributed by atoms with Gasteiger partial charge in [0.1, 0.15) is 11.9 Å². The number of aromatic nitrogens is 5. The van der Waals surface area contributed by atoms with Crippen molar-refractivity contribution < 1.29 is 18.3 Å². The second-order valence-electron chi connectivity index (χ2n) is 8.23. The van der Waals surface area contributed by atoms with Gasteiger partial charge in [0.15, 0.2) is 0 Å². The Hall–Kier alpha value is -2.84. The summed E-state index contributed by atoms with van der Waals surface area (Å²) in [6, 6.07) is 1.84. The number of ketones is 1. The SMILES string of the molecule is C[C@@H](Oc1nc(-c2cnn(CCC(C)(F)F)c2)cc2nn(C)cc12)[C@H]1CCC(=O)C1. The highest BCUT2D eigenvalue weighted by Gasteiger charge is 2.29. The van der Waals surface area contributed by atoms with E-state index in [-0.39, 0.29) is 30.8 Å². The van der Waals surface area contributed by atoms with Crippen molar-refractivity contribution in [1.29, 1.82) is 0 Å². The molecule has 0 aliphatic heterocycles. The minimum atomic E-state index is -2.74. The van der Waals surface area contributed by atoms with Crippen LogP contribution in [0.15, 0.2) is 24.7 Å². The minimum absolute atomic E-state index is 0.116. The molecule has 4 rings (SSSR count). The van der Waals surface area contributed by atoms with Crippen LogP contribution in [0.2, 0.25) is 0 Å². The average molecular weight is 417 g/mol. The quantitative estimate of drug-likeness (QED) is 0.581. The van der Waals surface area contributed by atoms with Crippen molar-refractivity contribution in [1.82, 2.24) is 24.5 Å². The molecule has 3 aromatic heterocycles. The summed E-state index contributed by atoms with van der Waals surface area (Å²) >= 11 is 0. The maximum absolute atomic E-state index is 13.1. The molecule has 1 aliphatic rings. The third-order valence-corrected chi connectivity index (χ3v) is 5.54. The first kappa shape index (κ1) is 20.4. The molecular formula is C21H25F2N5O2. The first-order valence-corrected chi connectivity index (χ1v) is 10.1. The van der Waals surface area contributed by atoms with Crippen LogP contribution in [-0.2, 0) is 18.4 Å². The van der Waals surface area contributed by atoms with Crippen LogP contribution in [0.5, 0.6) is 5.88 Å². The third kappa shape index (κ3) is 4.49. The number of carbonyl (C=O) groups excluding carboxylic acids is 1. The predicted molar refractivity (Wildman–Crippen MR) is 107 cm³/mol. The van der Waals surface area contributed by atoms with Gasteiger partial charge in [0.2, 0.25) is 11.8 Å². The number of alkyl halides is 2. The third-order valence-electron chi connectivity index (χ3n) is 5.54. The summed E-state index contributed by atoms with van der Waals surface area (Å²) in [6.45, 7) is 2.98. The van der Waals surface area contributed by atoms with Crippen LogP contribution < -0.4 is 4.74 Å². The Morgan fingerprint density at radius 1 is 1.37 bits per heavy atom. The molecule has 7 nitrogen and oxygen atoms in total. The van der Waals surface area contributed by atoms with Crippen LogP contribution in [0, 0.1) is 5.92 Å². The lowest BCUT2D eigenvalue weighted by Gasteiger charge is -2.20. The standard InChI is InChI=1S/C21H25F2N5O2/c1-13(14-4-5-16(29)8-14)30-20-17-12-27(3)26-19(17)9-18(25-20)15-10-24-28(11-15)7-6-21(2,22)23/h9-14H,4-8H2,1-3H3/t13-,14+/m1/s1. The Morgan fingerprint density at radius 2 is 2.17 bits per heavy atom. The summed E-state index contributed by atoms with van der Waals surface area (Å²) in [5.41, 5.74) is 2.04. The largest absolute Gasteiger partial charge is 0.474 e. The molecule has 1 aliphatic carbocycles. The monoisotopic (exact) mass is 417 g/mol. The van der Waals surface area contributed by atoms with E-state index in [1.807, 2.05) is 26.2 Å². The van der Waals surface area contributed by atoms with Crippen LogP contribution in [0.25, 0.3) is 22.2 Å². The van der Waals surface area contributed by atoms with Crippen molar-refractivity contribution in [3.05, 3.63) is 24.7 Å². The first-order chi connectivity index (χ1) is 14.2. The summed E-state index contributed by atoms with van der Waals surface area (Å²) in [5, 5.41) is 9.44. The van der Waals surface area contributed by atoms with Crippen LogP contribution in [0.4, 0.5) is 8.78 Å². The number of fused-ring (bicyclic) bond motifs is 1. The zero-order valence-corrected chi connectivity index (χ0v) is 17.3. The van der Waals surface area contributed by atoms with E-state index < -0.39 is 5.92 Å². The van der Waals surface area contributed by atoms with Gasteiger partial charge in [-0.1, -0.05) is 0 Å². The summed E-state index contributed by atoms with van der Waals surface area (Å²) in [6.07, 6.45) is 6.67. The smallest absolute Gasteiger partial charge is 0.247 e. The molecule has 0 unspecified atom stereocenters. The van der Waals surface area contributed by atoms with Crippen LogP contribution >= 0.6 is 0 Å². The predicted octanol–water partition coefficient (Wildman–Crippen LogP) is 4.01. The van der Waals surface area contributed by atoms with E-state index in [9.17, 15) is 13.6 Å². The molecule has 160 valence electrons. The molecule has 1 fully saturated rings. The van der Waals surface area contributed by atoms with Gasteiger partial charge < -0.3 is 4.74 Å². The number of nitrogens with zero attached hydrogens (tertiary/aromatic N) is 5. The van der Waals surface area contributed by atoms with Gasteiger partial charge in [0.25, 0.3) is 0 Å². The molecule has 3 heterocycles. The molecule has 0 radical (unpaired) electrons. The number of ether oxygens (including phenoxy) is 1. The number of halogens is 2. The van der Waals surface area contributed by atoms with Crippen LogP contribution in [0.1, 0.15) is 39.5 Å². The van der Waals surface area contributed by atoms with Gasteiger partial charge in [-0.25, -0.2) is 13.8 Å². The minimum Gasteiger partial charge on any atom is -0.474 e. The first-order valence-electron chi connectivity index (χ1n) is 10.1. The van der Waals surface area contributed by atoms with Gasteiger partial charge in [0, 0.05) is 56.7 Å². The van der Waals surface area contributed by atoms with Crippen molar-refractivity contribution in [2.75, 3.05) is 0 Å². The average Bonchev–Trinajstić information content (AvgIpc) is 3.38. The van der Waals surface area contributed by atoms with Crippen molar-refractivity contribution in [2.45, 2.75) is 58.1 Å². The highest BCUT2D eigenvalue weighted by molar-refractivity contribution is 5.86. The molecule has 0 amide bonds. The lowest BCUT2D eigenvalue weighted by atomic mass is 10.0. The van der Waals surface area contributed by atoms with E-state index in [2.05, 4.69) is 15.2 Å². The Kier molecular flexibility index (Phi) is 5.29.